The predicted molar refractivity (Wildman–Crippen MR) is 102 cm³/mol. The molecular weight excluding hydrogens is 350 g/mol. The molecule has 0 aliphatic carbocycles. The summed E-state index contributed by atoms with van der Waals surface area (Å²) in [6.07, 6.45) is 2.54. The molecule has 1 aromatic carbocycles. The van der Waals surface area contributed by atoms with Gasteiger partial charge in [-0.3, -0.25) is 4.79 Å². The third-order valence-electron chi connectivity index (χ3n) is 5.04. The maximum absolute atomic E-state index is 12.8. The number of carbonyl (C=O) groups excluding carboxylic acids is 1. The van der Waals surface area contributed by atoms with Crippen LogP contribution >= 0.6 is 11.6 Å². The maximum Gasteiger partial charge on any atom is 0.241 e. The van der Waals surface area contributed by atoms with E-state index in [0.717, 1.165) is 49.0 Å². The van der Waals surface area contributed by atoms with Gasteiger partial charge in [-0.2, -0.15) is 0 Å². The molecule has 2 aliphatic rings. The molecule has 2 atom stereocenters. The highest BCUT2D eigenvalue weighted by molar-refractivity contribution is 6.30. The Labute approximate surface area is 158 Å². The average molecular weight is 372 g/mol. The predicted octanol–water partition coefficient (Wildman–Crippen LogP) is 1.99. The van der Waals surface area contributed by atoms with Crippen molar-refractivity contribution in [1.29, 1.82) is 0 Å². The van der Waals surface area contributed by atoms with Crippen molar-refractivity contribution in [3.8, 4) is 0 Å². The molecule has 0 radical (unpaired) electrons. The zero-order valence-corrected chi connectivity index (χ0v) is 15.2. The van der Waals surface area contributed by atoms with Crippen LogP contribution in [0, 0.1) is 0 Å². The summed E-state index contributed by atoms with van der Waals surface area (Å²) in [7, 11) is 0. The zero-order chi connectivity index (χ0) is 17.9. The molecule has 2 N–H and O–H groups in total. The molecule has 6 nitrogen and oxygen atoms in total. The van der Waals surface area contributed by atoms with Gasteiger partial charge in [0.25, 0.3) is 0 Å². The fraction of sp³-hybridized carbons (Fsp3) is 0.368. The lowest BCUT2D eigenvalue weighted by Crippen LogP contribution is -2.53. The number of pyridine rings is 1. The van der Waals surface area contributed by atoms with E-state index in [4.69, 9.17) is 11.6 Å². The van der Waals surface area contributed by atoms with Crippen LogP contribution in [0.1, 0.15) is 18.0 Å². The normalized spacial score (nSPS) is 23.3. The Morgan fingerprint density at radius 3 is 2.50 bits per heavy atom. The summed E-state index contributed by atoms with van der Waals surface area (Å²) >= 11 is 5.95. The molecule has 1 amide bonds. The van der Waals surface area contributed by atoms with Crippen molar-refractivity contribution in [3.63, 3.8) is 0 Å². The highest BCUT2D eigenvalue weighted by Gasteiger charge is 2.34. The Morgan fingerprint density at radius 1 is 1.04 bits per heavy atom. The summed E-state index contributed by atoms with van der Waals surface area (Å²) in [5.74, 6) is 1.14. The Morgan fingerprint density at radius 2 is 1.81 bits per heavy atom. The van der Waals surface area contributed by atoms with Crippen LogP contribution in [0.5, 0.6) is 0 Å². The summed E-state index contributed by atoms with van der Waals surface area (Å²) in [4.78, 5) is 21.4. The summed E-state index contributed by atoms with van der Waals surface area (Å²) in [6, 6.07) is 13.6. The van der Waals surface area contributed by atoms with E-state index in [1.807, 2.05) is 47.4 Å². The average Bonchev–Trinajstić information content (AvgIpc) is 3.19. The first-order valence-corrected chi connectivity index (χ1v) is 9.30. The van der Waals surface area contributed by atoms with Gasteiger partial charge in [0.05, 0.1) is 0 Å². The molecule has 0 saturated carbocycles. The number of hydrazine groups is 1. The van der Waals surface area contributed by atoms with Crippen LogP contribution in [0.4, 0.5) is 5.82 Å². The summed E-state index contributed by atoms with van der Waals surface area (Å²) in [5.41, 5.74) is 7.53. The van der Waals surface area contributed by atoms with E-state index in [-0.39, 0.29) is 18.0 Å². The summed E-state index contributed by atoms with van der Waals surface area (Å²) in [6.45, 7) is 3.06. The number of benzene rings is 1. The van der Waals surface area contributed by atoms with Crippen molar-refractivity contribution in [2.24, 2.45) is 0 Å². The molecule has 2 aromatic rings. The molecular formula is C19H22ClN5O. The van der Waals surface area contributed by atoms with Crippen LogP contribution < -0.4 is 15.8 Å². The number of nitrogens with zero attached hydrogens (tertiary/aromatic N) is 3. The van der Waals surface area contributed by atoms with Crippen molar-refractivity contribution in [2.45, 2.75) is 18.5 Å². The van der Waals surface area contributed by atoms with E-state index < -0.39 is 0 Å². The molecule has 7 heteroatoms. The molecule has 1 aromatic heterocycles. The molecule has 136 valence electrons. The second-order valence-corrected chi connectivity index (χ2v) is 7.12. The SMILES string of the molecule is O=C(C1CC(c2ccc(Cl)cc2)NN1)N1CCN(c2ccccn2)CC1. The second kappa shape index (κ2) is 7.61. The van der Waals surface area contributed by atoms with E-state index in [1.54, 1.807) is 6.20 Å². The first kappa shape index (κ1) is 17.3. The first-order valence-electron chi connectivity index (χ1n) is 8.92. The van der Waals surface area contributed by atoms with Gasteiger partial charge in [-0.25, -0.2) is 15.8 Å². The highest BCUT2D eigenvalue weighted by Crippen LogP contribution is 2.25. The van der Waals surface area contributed by atoms with Gasteiger partial charge in [0.2, 0.25) is 5.91 Å². The minimum Gasteiger partial charge on any atom is -0.353 e. The van der Waals surface area contributed by atoms with Gasteiger partial charge in [0.1, 0.15) is 11.9 Å². The van der Waals surface area contributed by atoms with E-state index in [0.29, 0.717) is 0 Å². The van der Waals surface area contributed by atoms with Crippen LogP contribution in [-0.4, -0.2) is 48.0 Å². The Balaban J connectivity index is 1.32. The van der Waals surface area contributed by atoms with Gasteiger partial charge >= 0.3 is 0 Å². The van der Waals surface area contributed by atoms with Gasteiger partial charge < -0.3 is 9.80 Å². The molecule has 26 heavy (non-hydrogen) atoms. The number of amides is 1. The van der Waals surface area contributed by atoms with Crippen molar-refractivity contribution in [1.82, 2.24) is 20.7 Å². The number of nitrogens with one attached hydrogen (secondary N) is 2. The number of carbonyl (C=O) groups is 1. The molecule has 4 rings (SSSR count). The highest BCUT2D eigenvalue weighted by atomic mass is 35.5. The number of rotatable bonds is 3. The number of piperazine rings is 1. The number of hydrogen-bond acceptors (Lipinski definition) is 5. The van der Waals surface area contributed by atoms with Crippen molar-refractivity contribution >= 4 is 23.3 Å². The topological polar surface area (TPSA) is 60.5 Å². The Hall–Kier alpha value is -2.15. The van der Waals surface area contributed by atoms with Crippen LogP contribution in [-0.2, 0) is 4.79 Å². The third-order valence-corrected chi connectivity index (χ3v) is 5.29. The monoisotopic (exact) mass is 371 g/mol. The van der Waals surface area contributed by atoms with E-state index >= 15 is 0 Å². The van der Waals surface area contributed by atoms with Crippen molar-refractivity contribution in [3.05, 3.63) is 59.2 Å². The summed E-state index contributed by atoms with van der Waals surface area (Å²) < 4.78 is 0. The number of anilines is 1. The molecule has 2 saturated heterocycles. The maximum atomic E-state index is 12.8. The number of aromatic nitrogens is 1. The van der Waals surface area contributed by atoms with Crippen molar-refractivity contribution in [2.75, 3.05) is 31.1 Å². The lowest BCUT2D eigenvalue weighted by atomic mass is 10.0. The minimum atomic E-state index is -0.197. The molecule has 2 aliphatic heterocycles. The first-order chi connectivity index (χ1) is 12.7. The minimum absolute atomic E-state index is 0.121. The van der Waals surface area contributed by atoms with Crippen molar-refractivity contribution < 1.29 is 4.79 Å². The van der Waals surface area contributed by atoms with Gasteiger partial charge in [-0.1, -0.05) is 29.8 Å². The van der Waals surface area contributed by atoms with Gasteiger partial charge in [0, 0.05) is 43.4 Å². The van der Waals surface area contributed by atoms with E-state index in [1.165, 1.54) is 0 Å². The molecule has 0 spiro atoms. The smallest absolute Gasteiger partial charge is 0.241 e. The fourth-order valence-electron chi connectivity index (χ4n) is 3.55. The van der Waals surface area contributed by atoms with Gasteiger partial charge in [-0.05, 0) is 36.2 Å². The van der Waals surface area contributed by atoms with Crippen LogP contribution in [0.3, 0.4) is 0 Å². The van der Waals surface area contributed by atoms with Gasteiger partial charge in [-0.15, -0.1) is 0 Å². The largest absolute Gasteiger partial charge is 0.353 e. The standard InChI is InChI=1S/C19H22ClN5O/c20-15-6-4-14(5-7-15)16-13-17(23-22-16)19(26)25-11-9-24(10-12-25)18-3-1-2-8-21-18/h1-8,16-17,22-23H,9-13H2. The number of hydrogen-bond donors (Lipinski definition) is 2. The lowest BCUT2D eigenvalue weighted by Gasteiger charge is -2.36. The van der Waals surface area contributed by atoms with Gasteiger partial charge in [0.15, 0.2) is 0 Å². The second-order valence-electron chi connectivity index (χ2n) is 6.68. The van der Waals surface area contributed by atoms with Crippen LogP contribution in [0.2, 0.25) is 5.02 Å². The lowest BCUT2D eigenvalue weighted by molar-refractivity contribution is -0.133. The van der Waals surface area contributed by atoms with Crippen LogP contribution in [0.15, 0.2) is 48.7 Å². The van der Waals surface area contributed by atoms with E-state index in [9.17, 15) is 4.79 Å². The Bertz CT molecular complexity index is 746. The van der Waals surface area contributed by atoms with Crippen LogP contribution in [0.25, 0.3) is 0 Å². The quantitative estimate of drug-likeness (QED) is 0.864. The third kappa shape index (κ3) is 3.67. The van der Waals surface area contributed by atoms with E-state index in [2.05, 4.69) is 20.7 Å². The molecule has 2 unspecified atom stereocenters. The molecule has 2 fully saturated rings. The zero-order valence-electron chi connectivity index (χ0n) is 14.4. The number of halogens is 1. The molecule has 3 heterocycles. The fourth-order valence-corrected chi connectivity index (χ4v) is 3.67. The summed E-state index contributed by atoms with van der Waals surface area (Å²) in [5, 5.41) is 0.720. The molecule has 0 bridgehead atoms. The Kier molecular flexibility index (Phi) is 5.06.